The summed E-state index contributed by atoms with van der Waals surface area (Å²) >= 11 is 0. The van der Waals surface area contributed by atoms with Crippen LogP contribution in [0.5, 0.6) is 0 Å². The second kappa shape index (κ2) is 7.51. The highest BCUT2D eigenvalue weighted by Crippen LogP contribution is 2.35. The van der Waals surface area contributed by atoms with Crippen molar-refractivity contribution in [3.8, 4) is 0 Å². The van der Waals surface area contributed by atoms with Gasteiger partial charge in [0.25, 0.3) is 11.8 Å². The smallest absolute Gasteiger partial charge is 0.282 e. The van der Waals surface area contributed by atoms with Crippen LogP contribution in [0.25, 0.3) is 5.57 Å². The first-order valence-corrected chi connectivity index (χ1v) is 9.03. The number of aryl methyl sites for hydroxylation is 1. The van der Waals surface area contributed by atoms with Gasteiger partial charge in [0.05, 0.1) is 11.3 Å². The number of hydrogen-bond acceptors (Lipinski definition) is 3. The molecule has 3 aromatic carbocycles. The molecule has 150 valence electrons. The monoisotopic (exact) mass is 408 g/mol. The molecule has 0 unspecified atom stereocenters. The molecular weight excluding hydrogens is 393 g/mol. The van der Waals surface area contributed by atoms with Crippen LogP contribution >= 0.6 is 0 Å². The molecule has 0 spiro atoms. The molecule has 4 rings (SSSR count). The topological polar surface area (TPSA) is 49.4 Å². The quantitative estimate of drug-likeness (QED) is 0.631. The maximum Gasteiger partial charge on any atom is 0.282 e. The van der Waals surface area contributed by atoms with E-state index >= 15 is 0 Å². The fourth-order valence-corrected chi connectivity index (χ4v) is 3.19. The molecule has 0 saturated heterocycles. The average Bonchev–Trinajstić information content (AvgIpc) is 2.95. The van der Waals surface area contributed by atoms with Crippen LogP contribution in [0, 0.1) is 24.4 Å². The van der Waals surface area contributed by atoms with Gasteiger partial charge in [0.1, 0.15) is 23.1 Å². The van der Waals surface area contributed by atoms with E-state index in [0.717, 1.165) is 29.8 Å². The molecular formula is C23H15F3N2O2. The SMILES string of the molecule is Cc1ccc(NC2=C(c3ccc(F)cc3)C(=O)N(c3ccc(F)cc3F)C2=O)cc1. The van der Waals surface area contributed by atoms with Crippen LogP contribution in [0.4, 0.5) is 24.5 Å². The van der Waals surface area contributed by atoms with Crippen LogP contribution in [0.2, 0.25) is 0 Å². The van der Waals surface area contributed by atoms with Gasteiger partial charge in [0.15, 0.2) is 0 Å². The summed E-state index contributed by atoms with van der Waals surface area (Å²) in [6, 6.07) is 14.7. The second-order valence-corrected chi connectivity index (χ2v) is 6.79. The van der Waals surface area contributed by atoms with E-state index in [9.17, 15) is 22.8 Å². The van der Waals surface area contributed by atoms with Crippen molar-refractivity contribution in [1.82, 2.24) is 0 Å². The van der Waals surface area contributed by atoms with E-state index < -0.39 is 29.3 Å². The molecule has 1 aliphatic rings. The Morgan fingerprint density at radius 2 is 1.40 bits per heavy atom. The van der Waals surface area contributed by atoms with E-state index in [0.29, 0.717) is 16.7 Å². The van der Waals surface area contributed by atoms with Gasteiger partial charge in [-0.05, 0) is 48.9 Å². The minimum Gasteiger partial charge on any atom is -0.350 e. The lowest BCUT2D eigenvalue weighted by atomic mass is 10.0. The third kappa shape index (κ3) is 3.45. The Balaban J connectivity index is 1.83. The lowest BCUT2D eigenvalue weighted by Crippen LogP contribution is -2.33. The largest absolute Gasteiger partial charge is 0.350 e. The number of nitrogens with one attached hydrogen (secondary N) is 1. The molecule has 7 heteroatoms. The van der Waals surface area contributed by atoms with Crippen molar-refractivity contribution in [2.24, 2.45) is 0 Å². The van der Waals surface area contributed by atoms with Crippen LogP contribution in [0.3, 0.4) is 0 Å². The number of nitrogens with zero attached hydrogens (tertiary/aromatic N) is 1. The highest BCUT2D eigenvalue weighted by Gasteiger charge is 2.41. The third-order valence-corrected chi connectivity index (χ3v) is 4.69. The van der Waals surface area contributed by atoms with Gasteiger partial charge in [-0.1, -0.05) is 29.8 Å². The second-order valence-electron chi connectivity index (χ2n) is 6.79. The molecule has 30 heavy (non-hydrogen) atoms. The molecule has 0 fully saturated rings. The molecule has 1 aliphatic heterocycles. The Kier molecular flexibility index (Phi) is 4.87. The average molecular weight is 408 g/mol. The molecule has 0 atom stereocenters. The molecule has 0 saturated carbocycles. The maximum absolute atomic E-state index is 14.4. The van der Waals surface area contributed by atoms with E-state index in [-0.39, 0.29) is 22.5 Å². The van der Waals surface area contributed by atoms with Crippen molar-refractivity contribution < 1.29 is 22.8 Å². The van der Waals surface area contributed by atoms with Crippen molar-refractivity contribution in [2.45, 2.75) is 6.92 Å². The third-order valence-electron chi connectivity index (χ3n) is 4.69. The van der Waals surface area contributed by atoms with Gasteiger partial charge in [-0.2, -0.15) is 0 Å². The zero-order valence-electron chi connectivity index (χ0n) is 15.7. The van der Waals surface area contributed by atoms with E-state index in [1.165, 1.54) is 12.1 Å². The standard InChI is InChI=1S/C23H15F3N2O2/c1-13-2-9-17(10-3-13)27-21-20(14-4-6-15(24)7-5-14)22(29)28(23(21)30)19-11-8-16(25)12-18(19)26/h2-12,27H,1H3. The number of carbonyl (C=O) groups is 2. The first-order chi connectivity index (χ1) is 14.3. The highest BCUT2D eigenvalue weighted by molar-refractivity contribution is 6.46. The minimum absolute atomic E-state index is 0.0377. The number of carbonyl (C=O) groups excluding carboxylic acids is 2. The summed E-state index contributed by atoms with van der Waals surface area (Å²) in [5, 5.41) is 2.92. The van der Waals surface area contributed by atoms with Crippen molar-refractivity contribution in [1.29, 1.82) is 0 Å². The van der Waals surface area contributed by atoms with Gasteiger partial charge in [-0.25, -0.2) is 18.1 Å². The summed E-state index contributed by atoms with van der Waals surface area (Å²) in [6.07, 6.45) is 0. The van der Waals surface area contributed by atoms with E-state index in [1.807, 2.05) is 19.1 Å². The van der Waals surface area contributed by atoms with Gasteiger partial charge in [-0.15, -0.1) is 0 Å². The number of anilines is 2. The molecule has 4 nitrogen and oxygen atoms in total. The summed E-state index contributed by atoms with van der Waals surface area (Å²) in [7, 11) is 0. The maximum atomic E-state index is 14.4. The summed E-state index contributed by atoms with van der Waals surface area (Å²) < 4.78 is 41.1. The molecule has 1 N–H and O–H groups in total. The van der Waals surface area contributed by atoms with Crippen LogP contribution in [-0.2, 0) is 9.59 Å². The molecule has 3 aromatic rings. The van der Waals surface area contributed by atoms with E-state index in [2.05, 4.69) is 5.32 Å². The number of halogens is 3. The zero-order valence-corrected chi connectivity index (χ0v) is 15.7. The van der Waals surface area contributed by atoms with E-state index in [1.54, 1.807) is 12.1 Å². The fourth-order valence-electron chi connectivity index (χ4n) is 3.19. The van der Waals surface area contributed by atoms with Crippen LogP contribution in [-0.4, -0.2) is 11.8 Å². The van der Waals surface area contributed by atoms with Crippen LogP contribution in [0.15, 0.2) is 72.4 Å². The van der Waals surface area contributed by atoms with Gasteiger partial charge >= 0.3 is 0 Å². The van der Waals surface area contributed by atoms with Gasteiger partial charge in [-0.3, -0.25) is 9.59 Å². The van der Waals surface area contributed by atoms with Crippen LogP contribution in [0.1, 0.15) is 11.1 Å². The van der Waals surface area contributed by atoms with Crippen molar-refractivity contribution >= 4 is 28.8 Å². The predicted molar refractivity (Wildman–Crippen MR) is 107 cm³/mol. The van der Waals surface area contributed by atoms with Crippen molar-refractivity contribution in [3.05, 3.63) is 101 Å². The summed E-state index contributed by atoms with van der Waals surface area (Å²) in [5.74, 6) is -3.99. The van der Waals surface area contributed by atoms with Crippen LogP contribution < -0.4 is 10.2 Å². The Labute approximate surface area is 170 Å². The number of amides is 2. The first-order valence-electron chi connectivity index (χ1n) is 9.03. The molecule has 0 radical (unpaired) electrons. The highest BCUT2D eigenvalue weighted by atomic mass is 19.1. The minimum atomic E-state index is -1.05. The van der Waals surface area contributed by atoms with Gasteiger partial charge < -0.3 is 5.32 Å². The summed E-state index contributed by atoms with van der Waals surface area (Å²) in [4.78, 5) is 26.9. The lowest BCUT2D eigenvalue weighted by Gasteiger charge is -2.16. The predicted octanol–water partition coefficient (Wildman–Crippen LogP) is 4.81. The van der Waals surface area contributed by atoms with Crippen molar-refractivity contribution in [3.63, 3.8) is 0 Å². The zero-order chi connectivity index (χ0) is 21.4. The molecule has 2 amide bonds. The summed E-state index contributed by atoms with van der Waals surface area (Å²) in [5.41, 5.74) is 1.33. The Morgan fingerprint density at radius 3 is 2.03 bits per heavy atom. The Bertz CT molecular complexity index is 1190. The lowest BCUT2D eigenvalue weighted by molar-refractivity contribution is -0.120. The normalized spacial score (nSPS) is 13.9. The number of benzene rings is 3. The van der Waals surface area contributed by atoms with Gasteiger partial charge in [0.2, 0.25) is 0 Å². The number of imide groups is 1. The molecule has 0 bridgehead atoms. The molecule has 0 aromatic heterocycles. The Hall–Kier alpha value is -3.87. The van der Waals surface area contributed by atoms with E-state index in [4.69, 9.17) is 0 Å². The fraction of sp³-hybridized carbons (Fsp3) is 0.0435. The number of hydrogen-bond donors (Lipinski definition) is 1. The molecule has 0 aliphatic carbocycles. The first kappa shape index (κ1) is 19.4. The Morgan fingerprint density at radius 1 is 0.767 bits per heavy atom. The van der Waals surface area contributed by atoms with Crippen molar-refractivity contribution in [2.75, 3.05) is 10.2 Å². The number of rotatable bonds is 4. The molecule has 1 heterocycles. The van der Waals surface area contributed by atoms with Gasteiger partial charge in [0, 0.05) is 11.8 Å². The summed E-state index contributed by atoms with van der Waals surface area (Å²) in [6.45, 7) is 1.90.